The normalized spacial score (nSPS) is 14.8. The van der Waals surface area contributed by atoms with E-state index in [4.69, 9.17) is 0 Å². The van der Waals surface area contributed by atoms with Crippen LogP contribution in [0, 0.1) is 5.82 Å². The number of amides is 1. The van der Waals surface area contributed by atoms with Crippen LogP contribution in [0.3, 0.4) is 0 Å². The van der Waals surface area contributed by atoms with Gasteiger partial charge < -0.3 is 9.88 Å². The maximum atomic E-state index is 13.1. The Morgan fingerprint density at radius 1 is 1.38 bits per heavy atom. The molecule has 0 saturated carbocycles. The van der Waals surface area contributed by atoms with E-state index in [1.165, 1.54) is 23.9 Å². The number of benzene rings is 1. The van der Waals surface area contributed by atoms with Crippen LogP contribution in [0.5, 0.6) is 0 Å². The highest BCUT2D eigenvalue weighted by Crippen LogP contribution is 2.17. The average Bonchev–Trinajstić information content (AvgIpc) is 3.00. The molecule has 0 aliphatic carbocycles. The first-order chi connectivity index (χ1) is 10.1. The van der Waals surface area contributed by atoms with Gasteiger partial charge in [-0.1, -0.05) is 11.8 Å². The first-order valence-electron chi connectivity index (χ1n) is 6.73. The first kappa shape index (κ1) is 14.1. The highest BCUT2D eigenvalue weighted by molar-refractivity contribution is 7.99. The van der Waals surface area contributed by atoms with Gasteiger partial charge in [-0.15, -0.1) is 0 Å². The molecule has 21 heavy (non-hydrogen) atoms. The molecule has 1 aliphatic heterocycles. The van der Waals surface area contributed by atoms with E-state index in [0.717, 1.165) is 32.0 Å². The van der Waals surface area contributed by atoms with E-state index in [-0.39, 0.29) is 17.0 Å². The van der Waals surface area contributed by atoms with Crippen molar-refractivity contribution in [2.24, 2.45) is 0 Å². The van der Waals surface area contributed by atoms with Gasteiger partial charge in [-0.2, -0.15) is 0 Å². The van der Waals surface area contributed by atoms with Gasteiger partial charge in [-0.3, -0.25) is 9.59 Å². The summed E-state index contributed by atoms with van der Waals surface area (Å²) in [5.41, 5.74) is 0.0342. The number of H-pyrrole nitrogens is 1. The Hall–Kier alpha value is -1.89. The molecule has 1 amide bonds. The van der Waals surface area contributed by atoms with Gasteiger partial charge >= 0.3 is 0 Å². The van der Waals surface area contributed by atoms with Crippen LogP contribution in [0.1, 0.15) is 12.8 Å². The lowest BCUT2D eigenvalue weighted by atomic mass is 10.2. The van der Waals surface area contributed by atoms with E-state index in [1.807, 2.05) is 4.90 Å². The van der Waals surface area contributed by atoms with Crippen LogP contribution in [0.15, 0.2) is 28.2 Å². The summed E-state index contributed by atoms with van der Waals surface area (Å²) in [5.74, 6) is -0.172. The third kappa shape index (κ3) is 3.07. The highest BCUT2D eigenvalue weighted by atomic mass is 32.2. The first-order valence-corrected chi connectivity index (χ1v) is 7.72. The Bertz CT molecular complexity index is 741. The largest absolute Gasteiger partial charge is 0.342 e. The van der Waals surface area contributed by atoms with Gasteiger partial charge in [0.2, 0.25) is 5.91 Å². The van der Waals surface area contributed by atoms with Crippen molar-refractivity contribution in [1.29, 1.82) is 0 Å². The van der Waals surface area contributed by atoms with Gasteiger partial charge in [0, 0.05) is 13.1 Å². The lowest BCUT2D eigenvalue weighted by Crippen LogP contribution is -2.29. The summed E-state index contributed by atoms with van der Waals surface area (Å²) >= 11 is 1.20. The van der Waals surface area contributed by atoms with E-state index in [1.54, 1.807) is 0 Å². The second kappa shape index (κ2) is 5.85. The van der Waals surface area contributed by atoms with Crippen molar-refractivity contribution in [3.05, 3.63) is 34.4 Å². The molecular formula is C14H14FN3O2S. The molecule has 1 aromatic carbocycles. The molecule has 2 aromatic rings. The van der Waals surface area contributed by atoms with Crippen molar-refractivity contribution in [1.82, 2.24) is 14.9 Å². The van der Waals surface area contributed by atoms with Crippen molar-refractivity contribution in [3.8, 4) is 0 Å². The fourth-order valence-electron chi connectivity index (χ4n) is 2.35. The maximum Gasteiger partial charge on any atom is 0.259 e. The molecule has 3 rings (SSSR count). The zero-order valence-corrected chi connectivity index (χ0v) is 12.1. The molecule has 2 heterocycles. The van der Waals surface area contributed by atoms with Crippen LogP contribution >= 0.6 is 11.8 Å². The Morgan fingerprint density at radius 2 is 2.14 bits per heavy atom. The van der Waals surface area contributed by atoms with Crippen molar-refractivity contribution in [2.75, 3.05) is 18.8 Å². The van der Waals surface area contributed by atoms with E-state index in [2.05, 4.69) is 9.97 Å². The van der Waals surface area contributed by atoms with Gasteiger partial charge in [-0.05, 0) is 31.0 Å². The summed E-state index contributed by atoms with van der Waals surface area (Å²) < 4.78 is 13.1. The van der Waals surface area contributed by atoms with Crippen LogP contribution in [0.4, 0.5) is 4.39 Å². The number of aromatic amines is 1. The molecule has 110 valence electrons. The third-order valence-corrected chi connectivity index (χ3v) is 4.29. The van der Waals surface area contributed by atoms with Crippen LogP contribution < -0.4 is 5.56 Å². The molecule has 0 bridgehead atoms. The zero-order valence-electron chi connectivity index (χ0n) is 11.3. The molecular weight excluding hydrogens is 293 g/mol. The quantitative estimate of drug-likeness (QED) is 0.693. The fourth-order valence-corrected chi connectivity index (χ4v) is 3.12. The number of carbonyl (C=O) groups is 1. The summed E-state index contributed by atoms with van der Waals surface area (Å²) in [6.07, 6.45) is 2.10. The molecule has 0 radical (unpaired) electrons. The van der Waals surface area contributed by atoms with Gasteiger partial charge in [-0.25, -0.2) is 9.37 Å². The zero-order chi connectivity index (χ0) is 14.8. The lowest BCUT2D eigenvalue weighted by Gasteiger charge is -2.14. The molecule has 7 heteroatoms. The van der Waals surface area contributed by atoms with Gasteiger partial charge in [0.1, 0.15) is 5.82 Å². The van der Waals surface area contributed by atoms with Crippen molar-refractivity contribution in [2.45, 2.75) is 18.0 Å². The summed E-state index contributed by atoms with van der Waals surface area (Å²) in [4.78, 5) is 32.5. The number of nitrogens with zero attached hydrogens (tertiary/aromatic N) is 2. The number of aromatic nitrogens is 2. The second-order valence-corrected chi connectivity index (χ2v) is 5.87. The number of halogens is 1. The van der Waals surface area contributed by atoms with Crippen molar-refractivity contribution in [3.63, 3.8) is 0 Å². The number of fused-ring (bicyclic) bond motifs is 1. The number of rotatable bonds is 3. The van der Waals surface area contributed by atoms with E-state index in [9.17, 15) is 14.0 Å². The molecule has 1 saturated heterocycles. The predicted octanol–water partition coefficient (Wildman–Crippen LogP) is 1.78. The molecule has 0 spiro atoms. The Balaban J connectivity index is 1.76. The van der Waals surface area contributed by atoms with Crippen molar-refractivity contribution < 1.29 is 9.18 Å². The molecule has 0 unspecified atom stereocenters. The fraction of sp³-hybridized carbons (Fsp3) is 0.357. The minimum Gasteiger partial charge on any atom is -0.342 e. The second-order valence-electron chi connectivity index (χ2n) is 4.91. The topological polar surface area (TPSA) is 66.1 Å². The van der Waals surface area contributed by atoms with Gasteiger partial charge in [0.25, 0.3) is 5.56 Å². The summed E-state index contributed by atoms with van der Waals surface area (Å²) in [5, 5.41) is 0.594. The van der Waals surface area contributed by atoms with Crippen LogP contribution in [0.2, 0.25) is 0 Å². The Kier molecular flexibility index (Phi) is 3.92. The number of nitrogens with one attached hydrogen (secondary N) is 1. The van der Waals surface area contributed by atoms with Crippen LogP contribution in [-0.4, -0.2) is 39.6 Å². The minimum atomic E-state index is -0.473. The Labute approximate surface area is 124 Å². The number of thioether (sulfide) groups is 1. The average molecular weight is 307 g/mol. The number of likely N-dealkylation sites (tertiary alicyclic amines) is 1. The van der Waals surface area contributed by atoms with E-state index in [0.29, 0.717) is 10.7 Å². The Morgan fingerprint density at radius 3 is 2.90 bits per heavy atom. The third-order valence-electron chi connectivity index (χ3n) is 3.44. The highest BCUT2D eigenvalue weighted by Gasteiger charge is 2.18. The van der Waals surface area contributed by atoms with Crippen LogP contribution in [-0.2, 0) is 4.79 Å². The van der Waals surface area contributed by atoms with Gasteiger partial charge in [0.15, 0.2) is 5.16 Å². The predicted molar refractivity (Wildman–Crippen MR) is 78.9 cm³/mol. The van der Waals surface area contributed by atoms with Gasteiger partial charge in [0.05, 0.1) is 16.7 Å². The minimum absolute atomic E-state index is 0.0550. The lowest BCUT2D eigenvalue weighted by molar-refractivity contribution is -0.127. The molecule has 0 atom stereocenters. The smallest absolute Gasteiger partial charge is 0.259 e. The van der Waals surface area contributed by atoms with Crippen molar-refractivity contribution >= 4 is 28.6 Å². The molecule has 5 nitrogen and oxygen atoms in total. The monoisotopic (exact) mass is 307 g/mol. The van der Waals surface area contributed by atoms with E-state index < -0.39 is 11.4 Å². The summed E-state index contributed by atoms with van der Waals surface area (Å²) in [7, 11) is 0. The molecule has 1 fully saturated rings. The molecule has 1 aliphatic rings. The number of hydrogen-bond donors (Lipinski definition) is 1. The standard InChI is InChI=1S/C14H14FN3O2S/c15-9-3-4-11-10(7-9)13(20)17-14(16-11)21-8-12(19)18-5-1-2-6-18/h3-4,7H,1-2,5-6,8H2,(H,16,17,20). The number of carbonyl (C=O) groups excluding carboxylic acids is 1. The SMILES string of the molecule is O=C(CSc1nc2ccc(F)cc2c(=O)[nH]1)N1CCCC1. The van der Waals surface area contributed by atoms with E-state index >= 15 is 0 Å². The summed E-state index contributed by atoms with van der Waals surface area (Å²) in [6.45, 7) is 1.61. The maximum absolute atomic E-state index is 13.1. The number of hydrogen-bond acceptors (Lipinski definition) is 4. The summed E-state index contributed by atoms with van der Waals surface area (Å²) in [6, 6.07) is 3.88. The molecule has 1 N–H and O–H groups in total. The van der Waals surface area contributed by atoms with Crippen LogP contribution in [0.25, 0.3) is 10.9 Å². The molecule has 1 aromatic heterocycles.